The number of imidazole rings is 3. The fraction of sp³-hybridized carbons (Fsp3) is 0.559. The fourth-order valence-corrected chi connectivity index (χ4v) is 15.1. The van der Waals surface area contributed by atoms with Crippen LogP contribution in [0.5, 0.6) is 0 Å². The van der Waals surface area contributed by atoms with Crippen LogP contribution in [0, 0.1) is 5.92 Å². The molecule has 9 rings (SSSR count). The molecule has 0 bridgehead atoms. The molecule has 3 aliphatic heterocycles. The third kappa shape index (κ3) is 10.9. The summed E-state index contributed by atoms with van der Waals surface area (Å²) < 4.78 is 99.1. The summed E-state index contributed by atoms with van der Waals surface area (Å²) in [6, 6.07) is 0. The smallest absolute Gasteiger partial charge is 0.488 e. The van der Waals surface area contributed by atoms with E-state index in [1.54, 1.807) is 0 Å². The first-order chi connectivity index (χ1) is 35.7. The van der Waals surface area contributed by atoms with Gasteiger partial charge in [-0.2, -0.15) is 9.29 Å². The van der Waals surface area contributed by atoms with E-state index in [1.165, 1.54) is 34.2 Å². The number of anilines is 3. The predicted octanol–water partition coefficient (Wildman–Crippen LogP) is -4.26. The number of ether oxygens (including phenoxy) is 5. The number of hydrogen-bond donors (Lipinski definition) is 11. The van der Waals surface area contributed by atoms with E-state index in [1.807, 2.05) is 0 Å². The number of methoxy groups -OCH3 is 2. The Bertz CT molecular complexity index is 3490. The van der Waals surface area contributed by atoms with Gasteiger partial charge in [-0.15, -0.1) is 0 Å². The highest BCUT2D eigenvalue weighted by Crippen LogP contribution is 2.68. The van der Waals surface area contributed by atoms with Crippen molar-refractivity contribution in [2.24, 2.45) is 13.0 Å². The summed E-state index contributed by atoms with van der Waals surface area (Å²) in [6.07, 6.45) is -11.0. The lowest BCUT2D eigenvalue weighted by molar-refractivity contribution is -0.745. The third-order valence-corrected chi connectivity index (χ3v) is 19.3. The average Bonchev–Trinajstić information content (AvgIpc) is 4.21. The number of fused-ring (bicyclic) bond motifs is 3. The second-order valence-corrected chi connectivity index (χ2v) is 25.0. The number of aliphatic hydroxyl groups excluding tert-OH is 3. The normalized spacial score (nSPS) is 30.2. The van der Waals surface area contributed by atoms with Crippen molar-refractivity contribution in [2.45, 2.75) is 67.1 Å². The van der Waals surface area contributed by atoms with Crippen LogP contribution < -0.4 is 37.8 Å². The van der Waals surface area contributed by atoms with Crippen LogP contribution >= 0.6 is 30.0 Å². The van der Waals surface area contributed by atoms with E-state index < -0.39 is 134 Å². The van der Waals surface area contributed by atoms with Crippen molar-refractivity contribution < 1.29 is 99.0 Å². The lowest BCUT2D eigenvalue weighted by atomic mass is 9.99. The summed E-state index contributed by atoms with van der Waals surface area (Å²) in [7, 11) is -13.3. The van der Waals surface area contributed by atoms with Crippen molar-refractivity contribution in [3.8, 4) is 0 Å². The monoisotopic (exact) mass is 1170 g/mol. The van der Waals surface area contributed by atoms with Gasteiger partial charge in [-0.3, -0.25) is 37.8 Å². The number of phosphoric acid groups is 2. The zero-order chi connectivity index (χ0) is 55.0. The number of aromatic nitrogens is 12. The summed E-state index contributed by atoms with van der Waals surface area (Å²) >= 11 is 4.93. The van der Waals surface area contributed by atoms with Gasteiger partial charge in [0.15, 0.2) is 41.4 Å². The van der Waals surface area contributed by atoms with Crippen molar-refractivity contribution in [3.05, 3.63) is 46.0 Å². The number of aryl methyl sites for hydroxylation is 1. The summed E-state index contributed by atoms with van der Waals surface area (Å²) in [6.45, 7) is -8.41. The van der Waals surface area contributed by atoms with Gasteiger partial charge in [0.1, 0.15) is 50.0 Å². The van der Waals surface area contributed by atoms with Crippen LogP contribution in [0.15, 0.2) is 34.9 Å². The van der Waals surface area contributed by atoms with Gasteiger partial charge in [0.25, 0.3) is 17.1 Å². The van der Waals surface area contributed by atoms with Crippen LogP contribution in [0.1, 0.15) is 18.7 Å². The van der Waals surface area contributed by atoms with Crippen LogP contribution in [0.4, 0.5) is 17.7 Å². The molecule has 3 saturated heterocycles. The van der Waals surface area contributed by atoms with Crippen LogP contribution in [0.3, 0.4) is 0 Å². The standard InChI is InChI=1S/C34H47N15O22P4S/c1-46-11-49(27-18(46)29(54)45-34(37)43-27)30-19(50)12(4-62-2)13(67-30)5-65-73(57,58)70-74(59,60)71-75(61,76)66-7-15-23(22(63-3)32(69-15)47-9-40-16-24(35)38-8-39-25(16)47)72(55,56)64-6-14-20(51)21(52)31(68-14)48-10-41-17-26(48)42-33(36)44-28(17)53/h8-15,19-23,30-32,50-52H,4-7H2,1-3H3,(H11-,35,36,37,38,39,42,43,44,45,53,54,55,56,57,58,59,60,61,76)/t12-,13-,14-,15?,19-,20-,21-,22-,23-,30-,31-,32-,75?/m1/s1. The maximum Gasteiger partial charge on any atom is 0.488 e. The largest absolute Gasteiger partial charge is 0.778 e. The average molecular weight is 1170 g/mol. The van der Waals surface area contributed by atoms with E-state index in [9.17, 15) is 58.2 Å². The topological polar surface area (TPSA) is 528 Å². The quantitative estimate of drug-likeness (QED) is 0.0255. The maximum absolute atomic E-state index is 14.4. The molecule has 6 aromatic rings. The second-order valence-electron chi connectivity index (χ2n) is 17.1. The van der Waals surface area contributed by atoms with Crippen molar-refractivity contribution in [3.63, 3.8) is 0 Å². The summed E-state index contributed by atoms with van der Waals surface area (Å²) in [5.41, 5.74) is 13.9. The Labute approximate surface area is 428 Å². The van der Waals surface area contributed by atoms with Gasteiger partial charge in [-0.1, -0.05) is 4.98 Å². The zero-order valence-corrected chi connectivity index (χ0v) is 43.6. The third-order valence-electron chi connectivity index (χ3n) is 12.3. The van der Waals surface area contributed by atoms with Gasteiger partial charge in [-0.25, -0.2) is 37.9 Å². The Morgan fingerprint density at radius 3 is 2.12 bits per heavy atom. The van der Waals surface area contributed by atoms with E-state index in [0.717, 1.165) is 30.7 Å². The van der Waals surface area contributed by atoms with Crippen LogP contribution in [0.25, 0.3) is 33.5 Å². The first kappa shape index (κ1) is 56.0. The minimum atomic E-state index is -6.00. The predicted molar refractivity (Wildman–Crippen MR) is 252 cm³/mol. The lowest BCUT2D eigenvalue weighted by Crippen LogP contribution is -2.45. The molecule has 0 aliphatic carbocycles. The number of nitrogens with one attached hydrogen (secondary N) is 2. The Hall–Kier alpha value is -4.69. The minimum Gasteiger partial charge on any atom is -0.778 e. The highest BCUT2D eigenvalue weighted by atomic mass is 32.5. The molecular weight excluding hydrogens is 1130 g/mol. The molecule has 6 aromatic heterocycles. The van der Waals surface area contributed by atoms with Gasteiger partial charge in [0, 0.05) is 20.1 Å². The fourth-order valence-electron chi connectivity index (χ4n) is 8.96. The molecule has 3 fully saturated rings. The molecule has 0 saturated carbocycles. The minimum absolute atomic E-state index is 0.00297. The molecule has 42 heteroatoms. The Kier molecular flexibility index (Phi) is 15.6. The number of phosphoric ester groups is 1. The number of nitrogens with two attached hydrogens (primary N) is 3. The van der Waals surface area contributed by atoms with Gasteiger partial charge < -0.3 is 89.4 Å². The van der Waals surface area contributed by atoms with Gasteiger partial charge in [-0.05, 0) is 11.8 Å². The molecule has 0 radical (unpaired) electrons. The molecule has 5 unspecified atom stereocenters. The van der Waals surface area contributed by atoms with Gasteiger partial charge in [0.2, 0.25) is 17.7 Å². The summed E-state index contributed by atoms with van der Waals surface area (Å²) in [5.74, 6) is -1.65. The van der Waals surface area contributed by atoms with Crippen molar-refractivity contribution in [1.29, 1.82) is 0 Å². The first-order valence-electron chi connectivity index (χ1n) is 21.8. The van der Waals surface area contributed by atoms with Crippen molar-refractivity contribution >= 4 is 93.0 Å². The van der Waals surface area contributed by atoms with Crippen molar-refractivity contribution in [2.75, 3.05) is 57.8 Å². The number of nitrogens with zero attached hydrogens (tertiary/aromatic N) is 10. The van der Waals surface area contributed by atoms with Gasteiger partial charge in [0.05, 0.1) is 64.0 Å². The first-order valence-corrected chi connectivity index (χ1v) is 29.0. The molecule has 9 heterocycles. The molecule has 16 atom stereocenters. The molecule has 76 heavy (non-hydrogen) atoms. The van der Waals surface area contributed by atoms with Gasteiger partial charge >= 0.3 is 28.0 Å². The molecule has 0 aromatic carbocycles. The molecule has 37 nitrogen and oxygen atoms in total. The molecular formula is C34H47N15O22P4S. The van der Waals surface area contributed by atoms with Crippen molar-refractivity contribution in [1.82, 2.24) is 53.6 Å². The lowest BCUT2D eigenvalue weighted by Gasteiger charge is -2.35. The number of aliphatic hydroxyl groups is 3. The summed E-state index contributed by atoms with van der Waals surface area (Å²) in [5, 5.41) is 33.3. The molecule has 416 valence electrons. The van der Waals surface area contributed by atoms with E-state index in [4.69, 9.17) is 66.3 Å². The zero-order valence-electron chi connectivity index (χ0n) is 39.2. The molecule has 0 spiro atoms. The Morgan fingerprint density at radius 1 is 0.763 bits per heavy atom. The molecule has 3 aliphatic rings. The second kappa shape index (κ2) is 21.2. The van der Waals surface area contributed by atoms with E-state index in [2.05, 4.69) is 48.5 Å². The van der Waals surface area contributed by atoms with Crippen LogP contribution in [0.2, 0.25) is 0 Å². The van der Waals surface area contributed by atoms with E-state index >= 15 is 0 Å². The number of H-pyrrole nitrogens is 2. The SMILES string of the molecule is COC[C@H]1[C@@H](O)[C@H]([n+]2cn(C)c3c(=O)[nH]c(N)nc32)O[C@@H]1COP(=O)(O)OP(=O)(O)OP(O)(=S)OCC1O[C@@H](n2cnc3c(N)ncnc32)[C@H](OC)[C@@H]1P(=O)([O-])OC[C@H]1O[C@@H](n2cnc3c(=O)[nH]c(N)nc32)[C@H](O)[C@@H]1O. The van der Waals surface area contributed by atoms with Crippen LogP contribution in [-0.2, 0) is 78.4 Å². The Balaban J connectivity index is 0.888. The number of hydrogen-bond acceptors (Lipinski definition) is 29. The summed E-state index contributed by atoms with van der Waals surface area (Å²) in [4.78, 5) is 100. The number of rotatable bonds is 20. The van der Waals surface area contributed by atoms with E-state index in [0.29, 0.717) is 0 Å². The van der Waals surface area contributed by atoms with Crippen LogP contribution in [-0.4, -0.2) is 173 Å². The highest BCUT2D eigenvalue weighted by Gasteiger charge is 2.54. The number of aromatic amines is 2. The number of nitrogen functional groups attached to an aromatic ring is 3. The maximum atomic E-state index is 14.4. The molecule has 0 amide bonds. The van der Waals surface area contributed by atoms with E-state index in [-0.39, 0.29) is 57.8 Å². The highest BCUT2D eigenvalue weighted by molar-refractivity contribution is 8.08. The molecule has 14 N–H and O–H groups in total. The Morgan fingerprint density at radius 2 is 1.41 bits per heavy atom.